The fourth-order valence-corrected chi connectivity index (χ4v) is 3.61. The molecule has 0 radical (unpaired) electrons. The number of benzene rings is 1. The van der Waals surface area contributed by atoms with Crippen molar-refractivity contribution in [1.82, 2.24) is 15.1 Å². The minimum absolute atomic E-state index is 0. The summed E-state index contributed by atoms with van der Waals surface area (Å²) < 4.78 is 5.08. The normalized spacial score (nSPS) is 17.1. The molecular formula is C21H32IN5O3. The molecule has 166 valence electrons. The van der Waals surface area contributed by atoms with Gasteiger partial charge in [-0.2, -0.15) is 0 Å². The molecule has 9 heteroatoms. The molecule has 2 aliphatic rings. The number of amides is 2. The number of guanidine groups is 1. The summed E-state index contributed by atoms with van der Waals surface area (Å²) in [5, 5.41) is 3.34. The van der Waals surface area contributed by atoms with Gasteiger partial charge in [-0.3, -0.25) is 4.79 Å². The van der Waals surface area contributed by atoms with E-state index in [1.54, 1.807) is 4.90 Å². The van der Waals surface area contributed by atoms with Crippen molar-refractivity contribution in [2.75, 3.05) is 50.8 Å². The molecule has 30 heavy (non-hydrogen) atoms. The Hall–Kier alpha value is -2.04. The van der Waals surface area contributed by atoms with E-state index < -0.39 is 0 Å². The van der Waals surface area contributed by atoms with Crippen LogP contribution in [0.3, 0.4) is 0 Å². The molecular weight excluding hydrogens is 497 g/mol. The van der Waals surface area contributed by atoms with Gasteiger partial charge in [0.15, 0.2) is 5.96 Å². The van der Waals surface area contributed by atoms with E-state index in [0.717, 1.165) is 49.8 Å². The fourth-order valence-electron chi connectivity index (χ4n) is 3.61. The molecule has 1 aromatic rings. The maximum atomic E-state index is 11.9. The molecule has 1 N–H and O–H groups in total. The van der Waals surface area contributed by atoms with Crippen LogP contribution in [0.5, 0.6) is 0 Å². The molecule has 2 fully saturated rings. The smallest absolute Gasteiger partial charge is 0.409 e. The maximum absolute atomic E-state index is 11.9. The number of carbonyl (C=O) groups is 2. The van der Waals surface area contributed by atoms with Crippen molar-refractivity contribution < 1.29 is 14.3 Å². The van der Waals surface area contributed by atoms with E-state index in [0.29, 0.717) is 32.7 Å². The molecule has 2 aliphatic heterocycles. The Bertz CT molecular complexity index is 733. The second-order valence-corrected chi connectivity index (χ2v) is 7.16. The number of ether oxygens (including phenoxy) is 1. The standard InChI is InChI=1S/C21H31N5O3.HI/c1-3-22-20(24-12-14-25(15-13-24)21(28)29-4-2)23-16-17-7-9-18(10-8-17)26-11-5-6-19(26)27;/h7-10H,3-6,11-16H2,1-2H3,(H,22,23);1H. The van der Waals surface area contributed by atoms with Crippen molar-refractivity contribution >= 4 is 47.6 Å². The van der Waals surface area contributed by atoms with Crippen molar-refractivity contribution in [3.63, 3.8) is 0 Å². The van der Waals surface area contributed by atoms with Gasteiger partial charge >= 0.3 is 6.09 Å². The van der Waals surface area contributed by atoms with Gasteiger partial charge in [0.1, 0.15) is 0 Å². The zero-order valence-electron chi connectivity index (χ0n) is 17.8. The minimum Gasteiger partial charge on any atom is -0.450 e. The quantitative estimate of drug-likeness (QED) is 0.361. The van der Waals surface area contributed by atoms with Crippen LogP contribution >= 0.6 is 24.0 Å². The second-order valence-electron chi connectivity index (χ2n) is 7.16. The van der Waals surface area contributed by atoms with Gasteiger partial charge in [0.05, 0.1) is 13.2 Å². The lowest BCUT2D eigenvalue weighted by atomic mass is 10.2. The van der Waals surface area contributed by atoms with Gasteiger partial charge in [-0.1, -0.05) is 12.1 Å². The van der Waals surface area contributed by atoms with Crippen molar-refractivity contribution in [1.29, 1.82) is 0 Å². The number of nitrogens with zero attached hydrogens (tertiary/aromatic N) is 4. The Morgan fingerprint density at radius 1 is 1.07 bits per heavy atom. The Balaban J connectivity index is 0.00000320. The molecule has 0 spiro atoms. The first-order valence-electron chi connectivity index (χ1n) is 10.5. The van der Waals surface area contributed by atoms with E-state index >= 15 is 0 Å². The van der Waals surface area contributed by atoms with Crippen LogP contribution in [0.15, 0.2) is 29.3 Å². The first kappa shape index (κ1) is 24.2. The van der Waals surface area contributed by atoms with E-state index in [4.69, 9.17) is 9.73 Å². The number of halogens is 1. The molecule has 0 saturated carbocycles. The molecule has 0 bridgehead atoms. The number of carbonyl (C=O) groups excluding carboxylic acids is 2. The first-order chi connectivity index (χ1) is 14.1. The summed E-state index contributed by atoms with van der Waals surface area (Å²) in [6, 6.07) is 8.07. The van der Waals surface area contributed by atoms with Gasteiger partial charge in [0, 0.05) is 51.4 Å². The maximum Gasteiger partial charge on any atom is 0.409 e. The lowest BCUT2D eigenvalue weighted by molar-refractivity contribution is -0.117. The number of aliphatic imine (C=N–C) groups is 1. The van der Waals surface area contributed by atoms with Gasteiger partial charge in [-0.25, -0.2) is 9.79 Å². The van der Waals surface area contributed by atoms with E-state index in [9.17, 15) is 9.59 Å². The molecule has 0 aromatic heterocycles. The predicted octanol–water partition coefficient (Wildman–Crippen LogP) is 2.67. The highest BCUT2D eigenvalue weighted by molar-refractivity contribution is 14.0. The van der Waals surface area contributed by atoms with Gasteiger partial charge in [-0.15, -0.1) is 24.0 Å². The zero-order valence-corrected chi connectivity index (χ0v) is 20.1. The highest BCUT2D eigenvalue weighted by atomic mass is 127. The number of hydrogen-bond donors (Lipinski definition) is 1. The fraction of sp³-hybridized carbons (Fsp3) is 0.571. The van der Waals surface area contributed by atoms with E-state index in [-0.39, 0.29) is 36.0 Å². The molecule has 0 unspecified atom stereocenters. The van der Waals surface area contributed by atoms with Crippen LogP contribution < -0.4 is 10.2 Å². The molecule has 8 nitrogen and oxygen atoms in total. The van der Waals surface area contributed by atoms with E-state index in [2.05, 4.69) is 10.2 Å². The average molecular weight is 529 g/mol. The summed E-state index contributed by atoms with van der Waals surface area (Å²) in [5.74, 6) is 1.06. The van der Waals surface area contributed by atoms with Crippen LogP contribution in [0.4, 0.5) is 10.5 Å². The van der Waals surface area contributed by atoms with Crippen LogP contribution in [0.2, 0.25) is 0 Å². The number of hydrogen-bond acceptors (Lipinski definition) is 4. The largest absolute Gasteiger partial charge is 0.450 e. The monoisotopic (exact) mass is 529 g/mol. The Labute approximate surface area is 195 Å². The number of rotatable bonds is 5. The van der Waals surface area contributed by atoms with Crippen LogP contribution in [0.25, 0.3) is 0 Å². The highest BCUT2D eigenvalue weighted by Crippen LogP contribution is 2.21. The third-order valence-corrected chi connectivity index (χ3v) is 5.17. The summed E-state index contributed by atoms with van der Waals surface area (Å²) in [5.41, 5.74) is 2.06. The summed E-state index contributed by atoms with van der Waals surface area (Å²) in [4.78, 5) is 34.3. The number of anilines is 1. The van der Waals surface area contributed by atoms with Gasteiger partial charge in [0.2, 0.25) is 5.91 Å². The summed E-state index contributed by atoms with van der Waals surface area (Å²) in [6.07, 6.45) is 1.33. The van der Waals surface area contributed by atoms with Gasteiger partial charge in [0.25, 0.3) is 0 Å². The van der Waals surface area contributed by atoms with Crippen molar-refractivity contribution in [3.8, 4) is 0 Å². The van der Waals surface area contributed by atoms with Crippen LogP contribution in [0, 0.1) is 0 Å². The van der Waals surface area contributed by atoms with Crippen LogP contribution in [-0.4, -0.2) is 73.6 Å². The first-order valence-corrected chi connectivity index (χ1v) is 10.5. The molecule has 2 heterocycles. The van der Waals surface area contributed by atoms with Crippen molar-refractivity contribution in [3.05, 3.63) is 29.8 Å². The molecule has 0 aliphatic carbocycles. The van der Waals surface area contributed by atoms with Crippen LogP contribution in [0.1, 0.15) is 32.3 Å². The van der Waals surface area contributed by atoms with E-state index in [1.807, 2.05) is 43.0 Å². The lowest BCUT2D eigenvalue weighted by Gasteiger charge is -2.35. The Kier molecular flexibility index (Phi) is 9.67. The SMILES string of the molecule is CCNC(=NCc1ccc(N2CCCC2=O)cc1)N1CCN(C(=O)OCC)CC1.I. The summed E-state index contributed by atoms with van der Waals surface area (Å²) in [7, 11) is 0. The van der Waals surface area contributed by atoms with Crippen molar-refractivity contribution in [2.24, 2.45) is 4.99 Å². The predicted molar refractivity (Wildman–Crippen MR) is 128 cm³/mol. The highest BCUT2D eigenvalue weighted by Gasteiger charge is 2.24. The molecule has 0 atom stereocenters. The number of nitrogens with one attached hydrogen (secondary N) is 1. The average Bonchev–Trinajstić information content (AvgIpc) is 3.18. The minimum atomic E-state index is -0.245. The summed E-state index contributed by atoms with van der Waals surface area (Å²) in [6.45, 7) is 9.12. The van der Waals surface area contributed by atoms with Crippen LogP contribution in [-0.2, 0) is 16.1 Å². The van der Waals surface area contributed by atoms with Gasteiger partial charge < -0.3 is 24.8 Å². The Morgan fingerprint density at radius 3 is 2.30 bits per heavy atom. The molecule has 2 saturated heterocycles. The molecule has 3 rings (SSSR count). The van der Waals surface area contributed by atoms with E-state index in [1.165, 1.54) is 0 Å². The lowest BCUT2D eigenvalue weighted by Crippen LogP contribution is -2.53. The van der Waals surface area contributed by atoms with Crippen molar-refractivity contribution in [2.45, 2.75) is 33.2 Å². The summed E-state index contributed by atoms with van der Waals surface area (Å²) >= 11 is 0. The Morgan fingerprint density at radius 2 is 1.73 bits per heavy atom. The van der Waals surface area contributed by atoms with Gasteiger partial charge in [-0.05, 0) is 38.0 Å². The third-order valence-electron chi connectivity index (χ3n) is 5.17. The third kappa shape index (κ3) is 6.23. The number of piperazine rings is 1. The topological polar surface area (TPSA) is 77.5 Å². The second kappa shape index (κ2) is 12.0. The molecule has 2 amide bonds. The molecule has 1 aromatic carbocycles. The zero-order chi connectivity index (χ0) is 20.6.